The van der Waals surface area contributed by atoms with Gasteiger partial charge in [-0.2, -0.15) is 0 Å². The first-order valence-corrected chi connectivity index (χ1v) is 13.5. The number of aromatic nitrogens is 1. The first-order chi connectivity index (χ1) is 19.0. The highest BCUT2D eigenvalue weighted by molar-refractivity contribution is 7.92. The van der Waals surface area contributed by atoms with Crippen LogP contribution in [0.15, 0.2) is 77.8 Å². The van der Waals surface area contributed by atoms with Crippen LogP contribution >= 0.6 is 0 Å². The van der Waals surface area contributed by atoms with E-state index in [0.717, 1.165) is 65.4 Å². The molecule has 0 radical (unpaired) electrons. The fraction of sp³-hybridized carbons (Fsp3) is 0.214. The van der Waals surface area contributed by atoms with E-state index in [4.69, 9.17) is 0 Å². The van der Waals surface area contributed by atoms with Crippen molar-refractivity contribution in [1.82, 2.24) is 4.98 Å². The number of rotatable bonds is 8. The number of carbonyl (C=O) groups is 1. The second-order valence-electron chi connectivity index (χ2n) is 9.19. The Morgan fingerprint density at radius 2 is 1.75 bits per heavy atom. The van der Waals surface area contributed by atoms with Crippen LogP contribution in [0.5, 0.6) is 5.75 Å². The third kappa shape index (κ3) is 5.57. The molecule has 0 N–H and O–H groups in total. The van der Waals surface area contributed by atoms with Crippen molar-refractivity contribution < 1.29 is 40.2 Å². The number of fused-ring (bicyclic) bond motifs is 1. The number of pyridine rings is 1. The summed E-state index contributed by atoms with van der Waals surface area (Å²) in [5.41, 5.74) is 0.613. The maximum Gasteiger partial charge on any atom is 0.573 e. The SMILES string of the molecule is COC(=O)c1ccc(S(=O)(=O)N(Cc2ccc(OC(F)(F)F)cc2)c2ncc3ccccc3c2C2CC2)cc1F. The fourth-order valence-electron chi connectivity index (χ4n) is 4.44. The first-order valence-electron chi connectivity index (χ1n) is 12.1. The molecule has 0 spiro atoms. The predicted octanol–water partition coefficient (Wildman–Crippen LogP) is 6.33. The van der Waals surface area contributed by atoms with E-state index < -0.39 is 44.4 Å². The Labute approximate surface area is 227 Å². The molecule has 0 unspecified atom stereocenters. The van der Waals surface area contributed by atoms with Crippen LogP contribution in [-0.2, 0) is 21.3 Å². The molecule has 208 valence electrons. The molecule has 0 amide bonds. The van der Waals surface area contributed by atoms with Gasteiger partial charge in [-0.1, -0.05) is 36.4 Å². The topological polar surface area (TPSA) is 85.8 Å². The highest BCUT2D eigenvalue weighted by atomic mass is 32.2. The van der Waals surface area contributed by atoms with E-state index >= 15 is 0 Å². The Morgan fingerprint density at radius 3 is 2.38 bits per heavy atom. The van der Waals surface area contributed by atoms with Gasteiger partial charge in [0.2, 0.25) is 0 Å². The highest BCUT2D eigenvalue weighted by Gasteiger charge is 2.36. The minimum absolute atomic E-state index is 0.0484. The molecule has 1 aliphatic carbocycles. The average molecular weight is 575 g/mol. The molecular weight excluding hydrogens is 552 g/mol. The Balaban J connectivity index is 1.63. The molecule has 0 aliphatic heterocycles. The second-order valence-corrected chi connectivity index (χ2v) is 11.1. The number of hydrogen-bond acceptors (Lipinski definition) is 6. The van der Waals surface area contributed by atoms with Crippen LogP contribution in [0, 0.1) is 5.82 Å². The number of carbonyl (C=O) groups excluding carboxylic acids is 1. The molecule has 4 aromatic rings. The summed E-state index contributed by atoms with van der Waals surface area (Å²) in [6, 6.07) is 15.0. The lowest BCUT2D eigenvalue weighted by Crippen LogP contribution is -2.32. The zero-order valence-electron chi connectivity index (χ0n) is 21.0. The van der Waals surface area contributed by atoms with Gasteiger partial charge in [0, 0.05) is 17.1 Å². The van der Waals surface area contributed by atoms with E-state index in [1.807, 2.05) is 24.3 Å². The molecular formula is C28H22F4N2O5S. The smallest absolute Gasteiger partial charge is 0.465 e. The van der Waals surface area contributed by atoms with Crippen LogP contribution in [0.1, 0.15) is 40.2 Å². The van der Waals surface area contributed by atoms with Gasteiger partial charge in [0.1, 0.15) is 17.4 Å². The molecule has 0 saturated heterocycles. The van der Waals surface area contributed by atoms with Crippen LogP contribution in [0.3, 0.4) is 0 Å². The van der Waals surface area contributed by atoms with Crippen molar-refractivity contribution in [2.75, 3.05) is 11.4 Å². The van der Waals surface area contributed by atoms with Crippen molar-refractivity contribution in [3.05, 3.63) is 95.4 Å². The standard InChI is InChI=1S/C28H22F4N2O5S/c1-38-27(35)23-13-12-21(14-24(23)29)40(36,37)34(16-17-6-10-20(11-7-17)39-28(30,31)32)26-25(18-8-9-18)22-5-3-2-4-19(22)15-33-26/h2-7,10-15,18H,8-9,16H2,1H3. The van der Waals surface area contributed by atoms with Crippen LogP contribution in [-0.4, -0.2) is 32.8 Å². The summed E-state index contributed by atoms with van der Waals surface area (Å²) in [7, 11) is -3.42. The Kier molecular flexibility index (Phi) is 7.13. The van der Waals surface area contributed by atoms with Gasteiger partial charge in [-0.15, -0.1) is 13.2 Å². The molecule has 12 heteroatoms. The van der Waals surface area contributed by atoms with Crippen LogP contribution in [0.25, 0.3) is 10.8 Å². The summed E-state index contributed by atoms with van der Waals surface area (Å²) in [5.74, 6) is -2.34. The number of alkyl halides is 3. The molecule has 40 heavy (non-hydrogen) atoms. The van der Waals surface area contributed by atoms with Gasteiger partial charge in [0.15, 0.2) is 0 Å². The van der Waals surface area contributed by atoms with E-state index in [-0.39, 0.29) is 18.3 Å². The summed E-state index contributed by atoms with van der Waals surface area (Å²) < 4.78 is 90.3. The third-order valence-electron chi connectivity index (χ3n) is 6.46. The van der Waals surface area contributed by atoms with E-state index in [1.54, 1.807) is 6.20 Å². The Hall–Kier alpha value is -4.19. The van der Waals surface area contributed by atoms with Crippen LogP contribution in [0.2, 0.25) is 0 Å². The van der Waals surface area contributed by atoms with E-state index in [0.29, 0.717) is 11.1 Å². The number of benzene rings is 3. The van der Waals surface area contributed by atoms with Gasteiger partial charge in [-0.05, 0) is 60.0 Å². The average Bonchev–Trinajstić information content (AvgIpc) is 3.76. The van der Waals surface area contributed by atoms with Crippen molar-refractivity contribution >= 4 is 32.6 Å². The van der Waals surface area contributed by atoms with Crippen molar-refractivity contribution in [2.24, 2.45) is 0 Å². The molecule has 0 atom stereocenters. The number of sulfonamides is 1. The molecule has 0 bridgehead atoms. The fourth-order valence-corrected chi connectivity index (χ4v) is 5.88. The molecule has 3 aromatic carbocycles. The number of esters is 1. The molecule has 7 nitrogen and oxygen atoms in total. The largest absolute Gasteiger partial charge is 0.573 e. The van der Waals surface area contributed by atoms with Crippen molar-refractivity contribution in [2.45, 2.75) is 36.6 Å². The summed E-state index contributed by atoms with van der Waals surface area (Å²) in [5, 5.41) is 1.63. The number of nitrogens with zero attached hydrogens (tertiary/aromatic N) is 2. The van der Waals surface area contributed by atoms with E-state index in [2.05, 4.69) is 14.5 Å². The van der Waals surface area contributed by atoms with Crippen molar-refractivity contribution in [3.63, 3.8) is 0 Å². The monoisotopic (exact) mass is 574 g/mol. The predicted molar refractivity (Wildman–Crippen MR) is 138 cm³/mol. The number of hydrogen-bond donors (Lipinski definition) is 0. The van der Waals surface area contributed by atoms with Gasteiger partial charge in [0.05, 0.1) is 24.1 Å². The minimum atomic E-state index is -4.88. The van der Waals surface area contributed by atoms with Gasteiger partial charge in [-0.3, -0.25) is 0 Å². The van der Waals surface area contributed by atoms with Gasteiger partial charge in [0.25, 0.3) is 10.0 Å². The lowest BCUT2D eigenvalue weighted by atomic mass is 10.0. The molecule has 1 aromatic heterocycles. The molecule has 1 heterocycles. The number of halogens is 4. The van der Waals surface area contributed by atoms with Crippen LogP contribution < -0.4 is 9.04 Å². The summed E-state index contributed by atoms with van der Waals surface area (Å²) in [6.07, 6.45) is -1.70. The zero-order chi connectivity index (χ0) is 28.7. The Morgan fingerprint density at radius 1 is 1.05 bits per heavy atom. The van der Waals surface area contributed by atoms with E-state index in [1.165, 1.54) is 12.1 Å². The summed E-state index contributed by atoms with van der Waals surface area (Å²) >= 11 is 0. The minimum Gasteiger partial charge on any atom is -0.465 e. The number of ether oxygens (including phenoxy) is 2. The summed E-state index contributed by atoms with van der Waals surface area (Å²) in [4.78, 5) is 15.9. The lowest BCUT2D eigenvalue weighted by molar-refractivity contribution is -0.274. The maximum absolute atomic E-state index is 14.8. The second kappa shape index (κ2) is 10.4. The molecule has 5 rings (SSSR count). The molecule has 1 saturated carbocycles. The van der Waals surface area contributed by atoms with Crippen molar-refractivity contribution in [1.29, 1.82) is 0 Å². The first kappa shape index (κ1) is 27.4. The highest BCUT2D eigenvalue weighted by Crippen LogP contribution is 2.48. The molecule has 1 fully saturated rings. The zero-order valence-corrected chi connectivity index (χ0v) is 21.8. The lowest BCUT2D eigenvalue weighted by Gasteiger charge is -2.27. The molecule has 1 aliphatic rings. The van der Waals surface area contributed by atoms with Gasteiger partial charge < -0.3 is 9.47 Å². The maximum atomic E-state index is 14.8. The van der Waals surface area contributed by atoms with Gasteiger partial charge in [-0.25, -0.2) is 26.9 Å². The van der Waals surface area contributed by atoms with Crippen molar-refractivity contribution in [3.8, 4) is 5.75 Å². The summed E-state index contributed by atoms with van der Waals surface area (Å²) in [6.45, 7) is -0.319. The normalized spacial score (nSPS) is 13.7. The van der Waals surface area contributed by atoms with Gasteiger partial charge >= 0.3 is 12.3 Å². The number of anilines is 1. The third-order valence-corrected chi connectivity index (χ3v) is 8.19. The number of methoxy groups -OCH3 is 1. The van der Waals surface area contributed by atoms with Crippen LogP contribution in [0.4, 0.5) is 23.4 Å². The quantitative estimate of drug-likeness (QED) is 0.181. The Bertz CT molecular complexity index is 1690. The van der Waals surface area contributed by atoms with E-state index in [9.17, 15) is 30.8 Å².